The number of likely N-dealkylation sites (N-methyl/N-ethyl adjacent to an activating group) is 1. The summed E-state index contributed by atoms with van der Waals surface area (Å²) < 4.78 is 0. The molecule has 1 atom stereocenters. The molecule has 1 saturated heterocycles. The predicted octanol–water partition coefficient (Wildman–Crippen LogP) is 0.867. The molecule has 0 saturated carbocycles. The number of carbonyl (C=O) groups is 1. The van der Waals surface area contributed by atoms with Crippen molar-refractivity contribution in [2.45, 2.75) is 12.3 Å². The Bertz CT molecular complexity index is 195. The summed E-state index contributed by atoms with van der Waals surface area (Å²) in [4.78, 5) is 15.7. The molecule has 1 N–H and O–H groups in total. The van der Waals surface area contributed by atoms with Crippen molar-refractivity contribution in [3.05, 3.63) is 0 Å². The smallest absolute Gasteiger partial charge is 0.318 e. The van der Waals surface area contributed by atoms with Crippen molar-refractivity contribution in [3.8, 4) is 0 Å². The molecule has 0 aromatic carbocycles. The standard InChI is InChI=1S/C8H17N3OS2/c1-7(14-13)9-8(12)11-5-3-10(2)4-6-11/h7,13H,3-6H2,1-2H3,(H,9,12). The van der Waals surface area contributed by atoms with E-state index in [2.05, 4.69) is 28.9 Å². The van der Waals surface area contributed by atoms with Crippen LogP contribution < -0.4 is 5.32 Å². The van der Waals surface area contributed by atoms with Crippen LogP contribution in [0.5, 0.6) is 0 Å². The molecular weight excluding hydrogens is 218 g/mol. The van der Waals surface area contributed by atoms with Gasteiger partial charge in [0.2, 0.25) is 0 Å². The van der Waals surface area contributed by atoms with Crippen molar-refractivity contribution in [2.75, 3.05) is 33.2 Å². The van der Waals surface area contributed by atoms with Crippen LogP contribution in [0.4, 0.5) is 4.79 Å². The molecule has 82 valence electrons. The molecule has 1 fully saturated rings. The van der Waals surface area contributed by atoms with Crippen LogP contribution in [0.2, 0.25) is 0 Å². The maximum absolute atomic E-state index is 11.6. The highest BCUT2D eigenvalue weighted by Gasteiger charge is 2.19. The van der Waals surface area contributed by atoms with E-state index >= 15 is 0 Å². The number of rotatable bonds is 2. The van der Waals surface area contributed by atoms with Crippen molar-refractivity contribution in [3.63, 3.8) is 0 Å². The minimum atomic E-state index is 0.0205. The third-order valence-corrected chi connectivity index (χ3v) is 3.66. The number of nitrogens with zero attached hydrogens (tertiary/aromatic N) is 2. The zero-order valence-corrected chi connectivity index (χ0v) is 10.3. The minimum absolute atomic E-state index is 0.0205. The molecule has 0 spiro atoms. The highest BCUT2D eigenvalue weighted by Crippen LogP contribution is 2.11. The lowest BCUT2D eigenvalue weighted by atomic mass is 10.3. The summed E-state index contributed by atoms with van der Waals surface area (Å²) >= 11 is 4.04. The van der Waals surface area contributed by atoms with Gasteiger partial charge >= 0.3 is 6.03 Å². The molecule has 4 nitrogen and oxygen atoms in total. The number of nitrogens with one attached hydrogen (secondary N) is 1. The average Bonchev–Trinajstić information content (AvgIpc) is 2.18. The molecule has 1 rings (SSSR count). The highest BCUT2D eigenvalue weighted by atomic mass is 33.1. The SMILES string of the molecule is CC(NC(=O)N1CCN(C)CC1)SS. The molecule has 0 aromatic heterocycles. The first-order valence-electron chi connectivity index (χ1n) is 4.67. The van der Waals surface area contributed by atoms with Gasteiger partial charge in [-0.1, -0.05) is 10.8 Å². The second-order valence-electron chi connectivity index (χ2n) is 3.49. The number of urea groups is 1. The summed E-state index contributed by atoms with van der Waals surface area (Å²) in [5.41, 5.74) is 0. The summed E-state index contributed by atoms with van der Waals surface area (Å²) in [5.74, 6) is 0. The Balaban J connectivity index is 2.30. The fourth-order valence-corrected chi connectivity index (χ4v) is 1.61. The molecule has 0 aromatic rings. The van der Waals surface area contributed by atoms with Crippen LogP contribution in [0.1, 0.15) is 6.92 Å². The van der Waals surface area contributed by atoms with Crippen molar-refractivity contribution in [2.24, 2.45) is 0 Å². The van der Waals surface area contributed by atoms with E-state index in [0.29, 0.717) is 0 Å². The van der Waals surface area contributed by atoms with E-state index < -0.39 is 0 Å². The summed E-state index contributed by atoms with van der Waals surface area (Å²) in [6.45, 7) is 5.45. The molecule has 0 radical (unpaired) electrons. The second kappa shape index (κ2) is 5.72. The minimum Gasteiger partial charge on any atom is -0.326 e. The van der Waals surface area contributed by atoms with Gasteiger partial charge in [0.25, 0.3) is 0 Å². The van der Waals surface area contributed by atoms with Crippen molar-refractivity contribution < 1.29 is 4.79 Å². The van der Waals surface area contributed by atoms with Crippen molar-refractivity contribution in [1.82, 2.24) is 15.1 Å². The monoisotopic (exact) mass is 235 g/mol. The van der Waals surface area contributed by atoms with E-state index in [1.165, 1.54) is 10.8 Å². The lowest BCUT2D eigenvalue weighted by molar-refractivity contribution is 0.154. The van der Waals surface area contributed by atoms with Crippen LogP contribution in [-0.4, -0.2) is 54.4 Å². The quantitative estimate of drug-likeness (QED) is 0.423. The van der Waals surface area contributed by atoms with Gasteiger partial charge in [0, 0.05) is 26.2 Å². The maximum Gasteiger partial charge on any atom is 0.318 e. The molecule has 1 aliphatic rings. The fourth-order valence-electron chi connectivity index (χ4n) is 1.30. The highest BCUT2D eigenvalue weighted by molar-refractivity contribution is 8.68. The van der Waals surface area contributed by atoms with E-state index in [4.69, 9.17) is 0 Å². The first-order valence-corrected chi connectivity index (χ1v) is 6.61. The van der Waals surface area contributed by atoms with Crippen LogP contribution in [-0.2, 0) is 0 Å². The zero-order chi connectivity index (χ0) is 10.6. The molecule has 0 bridgehead atoms. The normalized spacial score (nSPS) is 20.6. The lowest BCUT2D eigenvalue weighted by Gasteiger charge is -2.32. The second-order valence-corrected chi connectivity index (χ2v) is 5.04. The molecule has 1 aliphatic heterocycles. The van der Waals surface area contributed by atoms with Gasteiger partial charge in [-0.25, -0.2) is 4.79 Å². The van der Waals surface area contributed by atoms with Gasteiger partial charge in [-0.15, -0.1) is 11.7 Å². The molecule has 1 unspecified atom stereocenters. The molecular formula is C8H17N3OS2. The summed E-state index contributed by atoms with van der Waals surface area (Å²) in [7, 11) is 3.41. The van der Waals surface area contributed by atoms with Gasteiger partial charge < -0.3 is 15.1 Å². The Morgan fingerprint density at radius 3 is 2.50 bits per heavy atom. The zero-order valence-electron chi connectivity index (χ0n) is 8.56. The van der Waals surface area contributed by atoms with Gasteiger partial charge in [-0.2, -0.15) is 0 Å². The first kappa shape index (κ1) is 12.0. The van der Waals surface area contributed by atoms with Gasteiger partial charge in [-0.05, 0) is 14.0 Å². The van der Waals surface area contributed by atoms with Crippen molar-refractivity contribution in [1.29, 1.82) is 0 Å². The Morgan fingerprint density at radius 1 is 1.43 bits per heavy atom. The molecule has 14 heavy (non-hydrogen) atoms. The maximum atomic E-state index is 11.6. The van der Waals surface area contributed by atoms with Crippen LogP contribution in [0.3, 0.4) is 0 Å². The Hall–Kier alpha value is -0.0700. The Morgan fingerprint density at radius 2 is 2.00 bits per heavy atom. The third-order valence-electron chi connectivity index (χ3n) is 2.28. The van der Waals surface area contributed by atoms with Crippen LogP contribution >= 0.6 is 22.5 Å². The lowest BCUT2D eigenvalue weighted by Crippen LogP contribution is -2.51. The Kier molecular flexibility index (Phi) is 4.91. The molecule has 2 amide bonds. The first-order chi connectivity index (χ1) is 6.63. The van der Waals surface area contributed by atoms with Gasteiger partial charge in [0.1, 0.15) is 0 Å². The van der Waals surface area contributed by atoms with E-state index in [1.54, 1.807) is 0 Å². The topological polar surface area (TPSA) is 35.6 Å². The summed E-state index contributed by atoms with van der Waals surface area (Å²) in [5, 5.41) is 2.93. The van der Waals surface area contributed by atoms with Crippen LogP contribution in [0.15, 0.2) is 0 Å². The van der Waals surface area contributed by atoms with E-state index in [-0.39, 0.29) is 11.4 Å². The molecule has 6 heteroatoms. The van der Waals surface area contributed by atoms with E-state index in [1.807, 2.05) is 11.8 Å². The number of thiol groups is 1. The third kappa shape index (κ3) is 3.59. The van der Waals surface area contributed by atoms with Crippen LogP contribution in [0.25, 0.3) is 0 Å². The van der Waals surface area contributed by atoms with E-state index in [0.717, 1.165) is 26.2 Å². The number of hydrogen-bond acceptors (Lipinski definition) is 4. The van der Waals surface area contributed by atoms with Gasteiger partial charge in [0.05, 0.1) is 5.37 Å². The summed E-state index contributed by atoms with van der Waals surface area (Å²) in [6, 6.07) is 0.0205. The molecule has 1 heterocycles. The van der Waals surface area contributed by atoms with E-state index in [9.17, 15) is 4.79 Å². The van der Waals surface area contributed by atoms with Crippen LogP contribution in [0, 0.1) is 0 Å². The molecule has 0 aliphatic carbocycles. The van der Waals surface area contributed by atoms with Gasteiger partial charge in [-0.3, -0.25) is 0 Å². The average molecular weight is 235 g/mol. The number of carbonyl (C=O) groups excluding carboxylic acids is 1. The van der Waals surface area contributed by atoms with Crippen molar-refractivity contribution >= 4 is 28.5 Å². The number of hydrogen-bond donors (Lipinski definition) is 2. The Labute approximate surface area is 94.2 Å². The number of amides is 2. The number of piperazine rings is 1. The van der Waals surface area contributed by atoms with Gasteiger partial charge in [0.15, 0.2) is 0 Å². The summed E-state index contributed by atoms with van der Waals surface area (Å²) in [6.07, 6.45) is 0. The fraction of sp³-hybridized carbons (Fsp3) is 0.875. The predicted molar refractivity (Wildman–Crippen MR) is 63.6 cm³/mol. The largest absolute Gasteiger partial charge is 0.326 e.